The number of carboxylic acids is 1. The van der Waals surface area contributed by atoms with Gasteiger partial charge in [0.05, 0.1) is 11.1 Å². The number of hydrogen-bond acceptors (Lipinski definition) is 3. The number of aromatic nitrogens is 3. The number of aromatic amines is 1. The number of fused-ring (bicyclic) bond motifs is 1. The monoisotopic (exact) mass is 253 g/mol. The van der Waals surface area contributed by atoms with Crippen molar-refractivity contribution in [3.8, 4) is 0 Å². The van der Waals surface area contributed by atoms with E-state index in [4.69, 9.17) is 16.7 Å². The zero-order valence-corrected chi connectivity index (χ0v) is 10.3. The Morgan fingerprint density at radius 1 is 1.47 bits per heavy atom. The first-order chi connectivity index (χ1) is 8.04. The van der Waals surface area contributed by atoms with Crippen LogP contribution in [-0.4, -0.2) is 26.0 Å². The third-order valence-corrected chi connectivity index (χ3v) is 2.80. The minimum absolute atomic E-state index is 0.0437. The molecule has 0 fully saturated rings. The van der Waals surface area contributed by atoms with E-state index in [1.54, 1.807) is 6.92 Å². The Kier molecular flexibility index (Phi) is 3.02. The molecule has 0 spiro atoms. The highest BCUT2D eigenvalue weighted by Crippen LogP contribution is 2.27. The third kappa shape index (κ3) is 1.98. The number of aryl methyl sites for hydroxylation is 2. The molecule has 2 N–H and O–H groups in total. The SMILES string of the molecule is CCCc1nc(C)c2c(C(=O)O)c(Cl)[nH]c2n1. The van der Waals surface area contributed by atoms with Gasteiger partial charge in [-0.1, -0.05) is 18.5 Å². The Morgan fingerprint density at radius 3 is 2.76 bits per heavy atom. The van der Waals surface area contributed by atoms with Crippen molar-refractivity contribution in [2.75, 3.05) is 0 Å². The molecule has 6 heteroatoms. The molecular formula is C11H12ClN3O2. The predicted octanol–water partition coefficient (Wildman–Crippen LogP) is 2.57. The van der Waals surface area contributed by atoms with Gasteiger partial charge in [-0.2, -0.15) is 0 Å². The van der Waals surface area contributed by atoms with E-state index in [9.17, 15) is 4.79 Å². The average molecular weight is 254 g/mol. The van der Waals surface area contributed by atoms with E-state index in [1.807, 2.05) is 6.92 Å². The largest absolute Gasteiger partial charge is 0.478 e. The fraction of sp³-hybridized carbons (Fsp3) is 0.364. The van der Waals surface area contributed by atoms with Gasteiger partial charge in [0.25, 0.3) is 0 Å². The molecule has 0 saturated carbocycles. The van der Waals surface area contributed by atoms with Crippen molar-refractivity contribution in [1.29, 1.82) is 0 Å². The van der Waals surface area contributed by atoms with Crippen LogP contribution in [0.2, 0.25) is 5.15 Å². The van der Waals surface area contributed by atoms with Crippen LogP contribution in [-0.2, 0) is 6.42 Å². The number of nitrogens with zero attached hydrogens (tertiary/aromatic N) is 2. The fourth-order valence-electron chi connectivity index (χ4n) is 1.83. The van der Waals surface area contributed by atoms with Crippen LogP contribution >= 0.6 is 11.6 Å². The Morgan fingerprint density at radius 2 is 2.18 bits per heavy atom. The number of carbonyl (C=O) groups is 1. The highest BCUT2D eigenvalue weighted by Gasteiger charge is 2.20. The normalized spacial score (nSPS) is 11.0. The van der Waals surface area contributed by atoms with Crippen molar-refractivity contribution in [3.63, 3.8) is 0 Å². The van der Waals surface area contributed by atoms with Crippen LogP contribution in [0.15, 0.2) is 0 Å². The average Bonchev–Trinajstić information content (AvgIpc) is 2.55. The fourth-order valence-corrected chi connectivity index (χ4v) is 2.10. The summed E-state index contributed by atoms with van der Waals surface area (Å²) in [6.07, 6.45) is 1.70. The van der Waals surface area contributed by atoms with Gasteiger partial charge in [-0.05, 0) is 13.3 Å². The second-order valence-electron chi connectivity index (χ2n) is 3.82. The molecule has 0 aliphatic rings. The molecule has 0 aliphatic carbocycles. The minimum atomic E-state index is -1.07. The number of hydrogen-bond donors (Lipinski definition) is 2. The van der Waals surface area contributed by atoms with E-state index in [2.05, 4.69) is 15.0 Å². The number of carboxylic acid groups (broad SMARTS) is 1. The lowest BCUT2D eigenvalue weighted by Crippen LogP contribution is -2.00. The quantitative estimate of drug-likeness (QED) is 0.881. The molecule has 2 heterocycles. The van der Waals surface area contributed by atoms with Crippen LogP contribution in [0.25, 0.3) is 11.0 Å². The van der Waals surface area contributed by atoms with E-state index < -0.39 is 5.97 Å². The first kappa shape index (κ1) is 11.9. The van der Waals surface area contributed by atoms with Crippen molar-refractivity contribution >= 4 is 28.6 Å². The molecule has 0 atom stereocenters. The molecule has 0 aromatic carbocycles. The van der Waals surface area contributed by atoms with Gasteiger partial charge >= 0.3 is 5.97 Å². The molecule has 0 unspecified atom stereocenters. The van der Waals surface area contributed by atoms with E-state index in [1.165, 1.54) is 0 Å². The summed E-state index contributed by atoms with van der Waals surface area (Å²) < 4.78 is 0. The van der Waals surface area contributed by atoms with Crippen molar-refractivity contribution in [2.24, 2.45) is 0 Å². The molecule has 2 rings (SSSR count). The number of nitrogens with one attached hydrogen (secondary N) is 1. The molecule has 5 nitrogen and oxygen atoms in total. The standard InChI is InChI=1S/C11H12ClN3O2/c1-3-4-6-13-5(2)7-8(11(16)17)9(12)15-10(7)14-6/h3-4H2,1-2H3,(H,16,17)(H,13,14,15). The topological polar surface area (TPSA) is 78.9 Å². The van der Waals surface area contributed by atoms with Gasteiger partial charge in [-0.3, -0.25) is 0 Å². The number of H-pyrrole nitrogens is 1. The zero-order chi connectivity index (χ0) is 12.6. The Hall–Kier alpha value is -1.62. The van der Waals surface area contributed by atoms with E-state index >= 15 is 0 Å². The molecule has 0 aliphatic heterocycles. The molecular weight excluding hydrogens is 242 g/mol. The van der Waals surface area contributed by atoms with Gasteiger partial charge in [0.15, 0.2) is 0 Å². The van der Waals surface area contributed by atoms with Crippen LogP contribution < -0.4 is 0 Å². The Labute approximate surface area is 103 Å². The number of halogens is 1. The molecule has 90 valence electrons. The maximum absolute atomic E-state index is 11.1. The Balaban J connectivity index is 2.72. The molecule has 0 saturated heterocycles. The van der Waals surface area contributed by atoms with E-state index in [0.29, 0.717) is 22.6 Å². The molecule has 0 amide bonds. The summed E-state index contributed by atoms with van der Waals surface area (Å²) >= 11 is 5.86. The van der Waals surface area contributed by atoms with Crippen LogP contribution in [0.4, 0.5) is 0 Å². The van der Waals surface area contributed by atoms with Gasteiger partial charge in [0, 0.05) is 6.42 Å². The predicted molar refractivity (Wildman–Crippen MR) is 64.6 cm³/mol. The lowest BCUT2D eigenvalue weighted by Gasteiger charge is -2.01. The van der Waals surface area contributed by atoms with E-state index in [-0.39, 0.29) is 10.7 Å². The maximum atomic E-state index is 11.1. The van der Waals surface area contributed by atoms with Crippen LogP contribution in [0.5, 0.6) is 0 Å². The Bertz CT molecular complexity index is 592. The molecule has 0 bridgehead atoms. The third-order valence-electron chi connectivity index (χ3n) is 2.52. The van der Waals surface area contributed by atoms with Crippen molar-refractivity contribution in [1.82, 2.24) is 15.0 Å². The van der Waals surface area contributed by atoms with Crippen molar-refractivity contribution < 1.29 is 9.90 Å². The molecule has 2 aromatic heterocycles. The summed E-state index contributed by atoms with van der Waals surface area (Å²) in [6, 6.07) is 0. The smallest absolute Gasteiger partial charge is 0.339 e. The minimum Gasteiger partial charge on any atom is -0.478 e. The summed E-state index contributed by atoms with van der Waals surface area (Å²) in [5.41, 5.74) is 1.17. The summed E-state index contributed by atoms with van der Waals surface area (Å²) in [5.74, 6) is -0.372. The highest BCUT2D eigenvalue weighted by atomic mass is 35.5. The van der Waals surface area contributed by atoms with Gasteiger partial charge in [-0.15, -0.1) is 0 Å². The molecule has 17 heavy (non-hydrogen) atoms. The summed E-state index contributed by atoms with van der Waals surface area (Å²) in [4.78, 5) is 22.5. The van der Waals surface area contributed by atoms with Crippen molar-refractivity contribution in [3.05, 3.63) is 22.2 Å². The van der Waals surface area contributed by atoms with Gasteiger partial charge in [-0.25, -0.2) is 14.8 Å². The van der Waals surface area contributed by atoms with E-state index in [0.717, 1.165) is 12.8 Å². The first-order valence-electron chi connectivity index (χ1n) is 5.32. The van der Waals surface area contributed by atoms with Gasteiger partial charge in [0.2, 0.25) is 0 Å². The summed E-state index contributed by atoms with van der Waals surface area (Å²) in [5, 5.41) is 9.67. The molecule has 2 aromatic rings. The lowest BCUT2D eigenvalue weighted by atomic mass is 10.2. The van der Waals surface area contributed by atoms with Crippen LogP contribution in [0.1, 0.15) is 35.2 Å². The summed E-state index contributed by atoms with van der Waals surface area (Å²) in [7, 11) is 0. The number of rotatable bonds is 3. The lowest BCUT2D eigenvalue weighted by molar-refractivity contribution is 0.0699. The summed E-state index contributed by atoms with van der Waals surface area (Å²) in [6.45, 7) is 3.80. The first-order valence-corrected chi connectivity index (χ1v) is 5.70. The number of aromatic carboxylic acids is 1. The van der Waals surface area contributed by atoms with Crippen LogP contribution in [0, 0.1) is 6.92 Å². The second kappa shape index (κ2) is 4.33. The maximum Gasteiger partial charge on any atom is 0.339 e. The zero-order valence-electron chi connectivity index (χ0n) is 9.54. The van der Waals surface area contributed by atoms with Gasteiger partial charge in [0.1, 0.15) is 22.2 Å². The second-order valence-corrected chi connectivity index (χ2v) is 4.20. The van der Waals surface area contributed by atoms with Crippen molar-refractivity contribution in [2.45, 2.75) is 26.7 Å². The van der Waals surface area contributed by atoms with Gasteiger partial charge < -0.3 is 10.1 Å². The highest BCUT2D eigenvalue weighted by molar-refractivity contribution is 6.34. The van der Waals surface area contributed by atoms with Crippen LogP contribution in [0.3, 0.4) is 0 Å². The molecule has 0 radical (unpaired) electrons.